The van der Waals surface area contributed by atoms with Crippen LogP contribution in [-0.4, -0.2) is 46.6 Å². The lowest BCUT2D eigenvalue weighted by Gasteiger charge is -2.15. The van der Waals surface area contributed by atoms with Gasteiger partial charge in [0.1, 0.15) is 17.6 Å². The van der Waals surface area contributed by atoms with Gasteiger partial charge in [0.25, 0.3) is 0 Å². The highest BCUT2D eigenvalue weighted by Gasteiger charge is 2.20. The number of aromatic nitrogens is 2. The first-order valence-corrected chi connectivity index (χ1v) is 10.3. The maximum atomic E-state index is 12.2. The molecule has 1 amide bonds. The minimum atomic E-state index is -1.09. The smallest absolute Gasteiger partial charge is 0.326 e. The first kappa shape index (κ1) is 22.7. The monoisotopic (exact) mass is 434 g/mol. The average Bonchev–Trinajstić information content (AvgIpc) is 2.80. The standard InChI is InChI=1S/C24H26N4O4/c1-25-22-7-4-6-18(27-22)12-14-32-20-10-8-17(9-11-20)15-21(24(30)31)28-23(29)16-19-5-2-3-13-26-19/h2-11,13,21H,12,14-16H2,1H3,(H,25,27)(H,28,29)(H,30,31)/t21-/m0/s1. The van der Waals surface area contributed by atoms with Gasteiger partial charge in [0, 0.05) is 37.5 Å². The molecule has 0 aliphatic heterocycles. The molecule has 0 aliphatic carbocycles. The largest absolute Gasteiger partial charge is 0.493 e. The second-order valence-electron chi connectivity index (χ2n) is 7.17. The molecule has 2 heterocycles. The topological polar surface area (TPSA) is 113 Å². The third-order valence-corrected chi connectivity index (χ3v) is 4.75. The van der Waals surface area contributed by atoms with Gasteiger partial charge in [-0.05, 0) is 42.0 Å². The number of carboxylic acids is 1. The minimum Gasteiger partial charge on any atom is -0.493 e. The van der Waals surface area contributed by atoms with Gasteiger partial charge >= 0.3 is 5.97 Å². The number of carbonyl (C=O) groups excluding carboxylic acids is 1. The van der Waals surface area contributed by atoms with E-state index in [1.54, 1.807) is 48.7 Å². The summed E-state index contributed by atoms with van der Waals surface area (Å²) in [5, 5.41) is 15.1. The van der Waals surface area contributed by atoms with Crippen molar-refractivity contribution in [2.45, 2.75) is 25.3 Å². The van der Waals surface area contributed by atoms with Gasteiger partial charge in [0.2, 0.25) is 5.91 Å². The lowest BCUT2D eigenvalue weighted by atomic mass is 10.1. The van der Waals surface area contributed by atoms with Crippen LogP contribution in [0.2, 0.25) is 0 Å². The highest BCUT2D eigenvalue weighted by molar-refractivity contribution is 5.84. The Kier molecular flexibility index (Phi) is 8.14. The van der Waals surface area contributed by atoms with Crippen LogP contribution in [0.3, 0.4) is 0 Å². The summed E-state index contributed by atoms with van der Waals surface area (Å²) in [7, 11) is 1.82. The van der Waals surface area contributed by atoms with Crippen molar-refractivity contribution in [3.05, 3.63) is 83.8 Å². The lowest BCUT2D eigenvalue weighted by Crippen LogP contribution is -2.43. The molecule has 3 N–H and O–H groups in total. The molecule has 0 unspecified atom stereocenters. The molecule has 1 atom stereocenters. The summed E-state index contributed by atoms with van der Waals surface area (Å²) in [5.41, 5.74) is 2.30. The Labute approximate surface area is 186 Å². The number of pyridine rings is 2. The number of ether oxygens (including phenoxy) is 1. The van der Waals surface area contributed by atoms with Crippen LogP contribution in [-0.2, 0) is 28.9 Å². The molecule has 2 aromatic heterocycles. The molecule has 0 saturated carbocycles. The zero-order valence-electron chi connectivity index (χ0n) is 17.8. The number of benzene rings is 1. The van der Waals surface area contributed by atoms with Gasteiger partial charge < -0.3 is 20.5 Å². The number of amides is 1. The fourth-order valence-electron chi connectivity index (χ4n) is 3.10. The Morgan fingerprint density at radius 1 is 1.03 bits per heavy atom. The first-order valence-electron chi connectivity index (χ1n) is 10.3. The zero-order valence-corrected chi connectivity index (χ0v) is 17.8. The van der Waals surface area contributed by atoms with E-state index < -0.39 is 12.0 Å². The van der Waals surface area contributed by atoms with Crippen molar-refractivity contribution in [3.63, 3.8) is 0 Å². The molecule has 0 aliphatic rings. The summed E-state index contributed by atoms with van der Waals surface area (Å²) >= 11 is 0. The Bertz CT molecular complexity index is 1030. The van der Waals surface area contributed by atoms with Crippen molar-refractivity contribution in [2.24, 2.45) is 0 Å². The molecule has 0 saturated heterocycles. The first-order chi connectivity index (χ1) is 15.5. The van der Waals surface area contributed by atoms with E-state index in [9.17, 15) is 14.7 Å². The highest BCUT2D eigenvalue weighted by Crippen LogP contribution is 2.14. The van der Waals surface area contributed by atoms with E-state index in [4.69, 9.17) is 4.74 Å². The molecule has 166 valence electrons. The maximum Gasteiger partial charge on any atom is 0.326 e. The Morgan fingerprint density at radius 3 is 2.50 bits per heavy atom. The van der Waals surface area contributed by atoms with E-state index in [0.717, 1.165) is 17.1 Å². The molecule has 3 rings (SSSR count). The Hall–Kier alpha value is -3.94. The average molecular weight is 434 g/mol. The normalized spacial score (nSPS) is 11.4. The molecule has 1 aromatic carbocycles. The predicted molar refractivity (Wildman–Crippen MR) is 121 cm³/mol. The third-order valence-electron chi connectivity index (χ3n) is 4.75. The van der Waals surface area contributed by atoms with E-state index in [-0.39, 0.29) is 18.7 Å². The van der Waals surface area contributed by atoms with E-state index in [0.29, 0.717) is 24.5 Å². The van der Waals surface area contributed by atoms with E-state index in [1.165, 1.54) is 0 Å². The van der Waals surface area contributed by atoms with Gasteiger partial charge in [0.05, 0.1) is 13.0 Å². The van der Waals surface area contributed by atoms with Gasteiger partial charge in [0.15, 0.2) is 0 Å². The van der Waals surface area contributed by atoms with E-state index >= 15 is 0 Å². The molecule has 8 heteroatoms. The fraction of sp³-hybridized carbons (Fsp3) is 0.250. The van der Waals surface area contributed by atoms with E-state index in [2.05, 4.69) is 20.6 Å². The van der Waals surface area contributed by atoms with Crippen LogP contribution in [0.15, 0.2) is 66.9 Å². The molecular weight excluding hydrogens is 408 g/mol. The van der Waals surface area contributed by atoms with Gasteiger partial charge in [-0.1, -0.05) is 24.3 Å². The number of carboxylic acid groups (broad SMARTS) is 1. The SMILES string of the molecule is CNc1cccc(CCOc2ccc(C[C@H](NC(=O)Cc3ccccn3)C(=O)O)cc2)n1. The van der Waals surface area contributed by atoms with Crippen LogP contribution in [0.25, 0.3) is 0 Å². The second-order valence-corrected chi connectivity index (χ2v) is 7.17. The molecular formula is C24H26N4O4. The molecule has 8 nitrogen and oxygen atoms in total. The van der Waals surface area contributed by atoms with Crippen LogP contribution >= 0.6 is 0 Å². The second kappa shape index (κ2) is 11.5. The van der Waals surface area contributed by atoms with Gasteiger partial charge in [-0.3, -0.25) is 9.78 Å². The molecule has 32 heavy (non-hydrogen) atoms. The highest BCUT2D eigenvalue weighted by atomic mass is 16.5. The van der Waals surface area contributed by atoms with Crippen molar-refractivity contribution in [1.82, 2.24) is 15.3 Å². The zero-order chi connectivity index (χ0) is 22.8. The van der Waals surface area contributed by atoms with Crippen LogP contribution in [0.4, 0.5) is 5.82 Å². The summed E-state index contributed by atoms with van der Waals surface area (Å²) in [4.78, 5) is 32.4. The van der Waals surface area contributed by atoms with Crippen molar-refractivity contribution in [1.29, 1.82) is 0 Å². The van der Waals surface area contributed by atoms with Crippen LogP contribution < -0.4 is 15.4 Å². The maximum absolute atomic E-state index is 12.2. The van der Waals surface area contributed by atoms with Crippen molar-refractivity contribution in [2.75, 3.05) is 19.0 Å². The predicted octanol–water partition coefficient (Wildman–Crippen LogP) is 2.49. The number of aliphatic carboxylic acids is 1. The lowest BCUT2D eigenvalue weighted by molar-refractivity contribution is -0.141. The fourth-order valence-corrected chi connectivity index (χ4v) is 3.10. The van der Waals surface area contributed by atoms with Gasteiger partial charge in [-0.25, -0.2) is 9.78 Å². The summed E-state index contributed by atoms with van der Waals surface area (Å²) in [5.74, 6) is 0.0274. The number of carbonyl (C=O) groups is 2. The van der Waals surface area contributed by atoms with Crippen molar-refractivity contribution < 1.29 is 19.4 Å². The third kappa shape index (κ3) is 7.09. The van der Waals surface area contributed by atoms with Crippen LogP contribution in [0, 0.1) is 0 Å². The van der Waals surface area contributed by atoms with E-state index in [1.807, 2.05) is 25.2 Å². The minimum absolute atomic E-state index is 0.0312. The Balaban J connectivity index is 1.49. The van der Waals surface area contributed by atoms with Crippen molar-refractivity contribution in [3.8, 4) is 5.75 Å². The summed E-state index contributed by atoms with van der Waals surface area (Å²) in [6.45, 7) is 0.473. The number of rotatable bonds is 11. The number of nitrogens with zero attached hydrogens (tertiary/aromatic N) is 2. The van der Waals surface area contributed by atoms with Crippen LogP contribution in [0.5, 0.6) is 5.75 Å². The Morgan fingerprint density at radius 2 is 1.81 bits per heavy atom. The molecule has 0 radical (unpaired) electrons. The number of nitrogens with one attached hydrogen (secondary N) is 2. The van der Waals surface area contributed by atoms with Crippen molar-refractivity contribution >= 4 is 17.7 Å². The number of hydrogen-bond acceptors (Lipinski definition) is 6. The summed E-state index contributed by atoms with van der Waals surface area (Å²) in [6, 6.07) is 17.2. The van der Waals surface area contributed by atoms with Crippen LogP contribution in [0.1, 0.15) is 17.0 Å². The van der Waals surface area contributed by atoms with Gasteiger partial charge in [-0.2, -0.15) is 0 Å². The molecule has 0 spiro atoms. The quantitative estimate of drug-likeness (QED) is 0.425. The molecule has 0 fully saturated rings. The summed E-state index contributed by atoms with van der Waals surface area (Å²) in [6.07, 6.45) is 2.46. The molecule has 3 aromatic rings. The van der Waals surface area contributed by atoms with Gasteiger partial charge in [-0.15, -0.1) is 0 Å². The molecule has 0 bridgehead atoms. The number of anilines is 1. The summed E-state index contributed by atoms with van der Waals surface area (Å²) < 4.78 is 5.77. The number of hydrogen-bond donors (Lipinski definition) is 3.